The summed E-state index contributed by atoms with van der Waals surface area (Å²) in [6.45, 7) is 2.24. The van der Waals surface area contributed by atoms with Gasteiger partial charge in [-0.15, -0.1) is 0 Å². The van der Waals surface area contributed by atoms with Crippen molar-refractivity contribution in [1.29, 1.82) is 0 Å². The monoisotopic (exact) mass is 427 g/mol. The summed E-state index contributed by atoms with van der Waals surface area (Å²) >= 11 is 0. The quantitative estimate of drug-likeness (QED) is 0.453. The fourth-order valence-electron chi connectivity index (χ4n) is 3.62. The van der Waals surface area contributed by atoms with Crippen LogP contribution in [0.4, 0.5) is 11.4 Å². The third-order valence-corrected chi connectivity index (χ3v) is 5.24. The molecule has 0 spiro atoms. The van der Waals surface area contributed by atoms with E-state index in [0.717, 1.165) is 22.2 Å². The van der Waals surface area contributed by atoms with Crippen molar-refractivity contribution in [2.45, 2.75) is 20.0 Å². The minimum absolute atomic E-state index is 0.0881. The molecule has 0 bridgehead atoms. The molecule has 4 rings (SSSR count). The maximum Gasteiger partial charge on any atom is 0.256 e. The number of carbonyl (C=O) groups excluding carboxylic acids is 1. The van der Waals surface area contributed by atoms with Crippen molar-refractivity contribution in [1.82, 2.24) is 4.57 Å². The van der Waals surface area contributed by atoms with E-state index in [0.29, 0.717) is 23.5 Å². The highest BCUT2D eigenvalue weighted by Crippen LogP contribution is 2.19. The number of methoxy groups -OCH3 is 1. The molecule has 0 radical (unpaired) electrons. The van der Waals surface area contributed by atoms with Gasteiger partial charge in [0.2, 0.25) is 5.91 Å². The van der Waals surface area contributed by atoms with Crippen molar-refractivity contribution >= 4 is 28.2 Å². The molecule has 0 fully saturated rings. The highest BCUT2D eigenvalue weighted by atomic mass is 16.5. The Morgan fingerprint density at radius 2 is 1.72 bits per heavy atom. The SMILES string of the molecule is COc1cccc(NC(=O)Cn2c(=O)c(CNc3ccccc3)cc3ccc(C)cc32)c1. The van der Waals surface area contributed by atoms with Gasteiger partial charge in [0.25, 0.3) is 5.56 Å². The summed E-state index contributed by atoms with van der Waals surface area (Å²) in [6, 6.07) is 24.7. The lowest BCUT2D eigenvalue weighted by Gasteiger charge is -2.15. The molecular formula is C26H25N3O3. The Labute approximate surface area is 186 Å². The Balaban J connectivity index is 1.65. The van der Waals surface area contributed by atoms with Crippen LogP contribution in [0.1, 0.15) is 11.1 Å². The number of aryl methyl sites for hydroxylation is 1. The normalized spacial score (nSPS) is 10.7. The molecule has 0 unspecified atom stereocenters. The van der Waals surface area contributed by atoms with Gasteiger partial charge in [0.1, 0.15) is 12.3 Å². The van der Waals surface area contributed by atoms with Crippen LogP contribution in [0.25, 0.3) is 10.9 Å². The number of hydrogen-bond donors (Lipinski definition) is 2. The van der Waals surface area contributed by atoms with Crippen molar-refractivity contribution in [3.63, 3.8) is 0 Å². The smallest absolute Gasteiger partial charge is 0.256 e. The van der Waals surface area contributed by atoms with Crippen LogP contribution >= 0.6 is 0 Å². The molecule has 0 atom stereocenters. The van der Waals surface area contributed by atoms with E-state index in [1.807, 2.05) is 61.5 Å². The van der Waals surface area contributed by atoms with Crippen LogP contribution in [0.3, 0.4) is 0 Å². The Morgan fingerprint density at radius 3 is 2.50 bits per heavy atom. The van der Waals surface area contributed by atoms with Crippen molar-refractivity contribution in [2.24, 2.45) is 0 Å². The number of ether oxygens (including phenoxy) is 1. The minimum atomic E-state index is -0.281. The van der Waals surface area contributed by atoms with Crippen molar-refractivity contribution in [3.05, 3.63) is 100 Å². The molecule has 162 valence electrons. The third kappa shape index (κ3) is 4.81. The van der Waals surface area contributed by atoms with E-state index >= 15 is 0 Å². The maximum atomic E-state index is 13.3. The molecule has 1 heterocycles. The van der Waals surface area contributed by atoms with E-state index in [2.05, 4.69) is 10.6 Å². The largest absolute Gasteiger partial charge is 0.497 e. The predicted molar refractivity (Wildman–Crippen MR) is 128 cm³/mol. The topological polar surface area (TPSA) is 72.4 Å². The lowest BCUT2D eigenvalue weighted by atomic mass is 10.1. The molecule has 0 aliphatic rings. The van der Waals surface area contributed by atoms with Crippen LogP contribution in [-0.4, -0.2) is 17.6 Å². The van der Waals surface area contributed by atoms with E-state index in [1.54, 1.807) is 35.9 Å². The second-order valence-electron chi connectivity index (χ2n) is 7.62. The fourth-order valence-corrected chi connectivity index (χ4v) is 3.62. The van der Waals surface area contributed by atoms with E-state index < -0.39 is 0 Å². The number of carbonyl (C=O) groups is 1. The Hall–Kier alpha value is -4.06. The van der Waals surface area contributed by atoms with Gasteiger partial charge in [-0.05, 0) is 54.3 Å². The predicted octanol–water partition coefficient (Wildman–Crippen LogP) is 4.57. The molecule has 6 heteroatoms. The molecule has 0 aliphatic carbocycles. The zero-order valence-corrected chi connectivity index (χ0v) is 18.1. The van der Waals surface area contributed by atoms with Crippen LogP contribution in [0.15, 0.2) is 83.7 Å². The molecule has 4 aromatic rings. The van der Waals surface area contributed by atoms with E-state index in [-0.39, 0.29) is 18.0 Å². The highest BCUT2D eigenvalue weighted by molar-refractivity contribution is 5.92. The molecule has 0 saturated carbocycles. The molecule has 0 aliphatic heterocycles. The number of amides is 1. The van der Waals surface area contributed by atoms with Crippen LogP contribution in [0.2, 0.25) is 0 Å². The van der Waals surface area contributed by atoms with Crippen LogP contribution in [0, 0.1) is 6.92 Å². The summed E-state index contributed by atoms with van der Waals surface area (Å²) in [6.07, 6.45) is 0. The molecular weight excluding hydrogens is 402 g/mol. The van der Waals surface area contributed by atoms with Gasteiger partial charge in [0.05, 0.1) is 12.6 Å². The average Bonchev–Trinajstić information content (AvgIpc) is 2.81. The van der Waals surface area contributed by atoms with E-state index in [4.69, 9.17) is 4.74 Å². The summed E-state index contributed by atoms with van der Waals surface area (Å²) in [5, 5.41) is 7.05. The number of anilines is 2. The number of para-hydroxylation sites is 1. The van der Waals surface area contributed by atoms with Crippen molar-refractivity contribution < 1.29 is 9.53 Å². The van der Waals surface area contributed by atoms with Gasteiger partial charge in [0, 0.05) is 29.5 Å². The first-order valence-electron chi connectivity index (χ1n) is 10.4. The number of nitrogens with one attached hydrogen (secondary N) is 2. The first-order chi connectivity index (χ1) is 15.5. The second kappa shape index (κ2) is 9.39. The third-order valence-electron chi connectivity index (χ3n) is 5.24. The van der Waals surface area contributed by atoms with Crippen LogP contribution < -0.4 is 20.9 Å². The van der Waals surface area contributed by atoms with E-state index in [9.17, 15) is 9.59 Å². The zero-order chi connectivity index (χ0) is 22.5. The van der Waals surface area contributed by atoms with Gasteiger partial charge in [-0.2, -0.15) is 0 Å². The summed E-state index contributed by atoms with van der Waals surface area (Å²) in [7, 11) is 1.57. The molecule has 3 aromatic carbocycles. The summed E-state index contributed by atoms with van der Waals surface area (Å²) in [5.41, 5.74) is 3.71. The summed E-state index contributed by atoms with van der Waals surface area (Å²) in [4.78, 5) is 26.2. The standard InChI is InChI=1S/C26H25N3O3/c1-18-11-12-19-14-20(16-27-21-7-4-3-5-8-21)26(31)29(24(19)13-18)17-25(30)28-22-9-6-10-23(15-22)32-2/h3-15,27H,16-17H2,1-2H3,(H,28,30). The number of hydrogen-bond acceptors (Lipinski definition) is 4. The zero-order valence-electron chi connectivity index (χ0n) is 18.1. The molecule has 32 heavy (non-hydrogen) atoms. The van der Waals surface area contributed by atoms with Crippen molar-refractivity contribution in [3.8, 4) is 5.75 Å². The fraction of sp³-hybridized carbons (Fsp3) is 0.154. The second-order valence-corrected chi connectivity index (χ2v) is 7.62. The summed E-state index contributed by atoms with van der Waals surface area (Å²) in [5.74, 6) is 0.367. The number of rotatable bonds is 7. The van der Waals surface area contributed by atoms with E-state index in [1.165, 1.54) is 0 Å². The van der Waals surface area contributed by atoms with Gasteiger partial charge in [0.15, 0.2) is 0 Å². The molecule has 0 saturated heterocycles. The van der Waals surface area contributed by atoms with Gasteiger partial charge in [-0.3, -0.25) is 14.2 Å². The molecule has 6 nitrogen and oxygen atoms in total. The maximum absolute atomic E-state index is 13.3. The Bertz CT molecular complexity index is 1310. The van der Waals surface area contributed by atoms with Gasteiger partial charge in [-0.1, -0.05) is 36.4 Å². The number of aromatic nitrogens is 1. The Morgan fingerprint density at radius 1 is 0.938 bits per heavy atom. The Kier molecular flexibility index (Phi) is 6.22. The van der Waals surface area contributed by atoms with Gasteiger partial charge >= 0.3 is 0 Å². The number of pyridine rings is 1. The lowest BCUT2D eigenvalue weighted by molar-refractivity contribution is -0.116. The van der Waals surface area contributed by atoms with Gasteiger partial charge < -0.3 is 15.4 Å². The molecule has 2 N–H and O–H groups in total. The molecule has 1 amide bonds. The number of fused-ring (bicyclic) bond motifs is 1. The lowest BCUT2D eigenvalue weighted by Crippen LogP contribution is -2.30. The first-order valence-corrected chi connectivity index (χ1v) is 10.4. The van der Waals surface area contributed by atoms with Crippen LogP contribution in [0.5, 0.6) is 5.75 Å². The molecule has 1 aromatic heterocycles. The van der Waals surface area contributed by atoms with Crippen LogP contribution in [-0.2, 0) is 17.9 Å². The van der Waals surface area contributed by atoms with Gasteiger partial charge in [-0.25, -0.2) is 0 Å². The van der Waals surface area contributed by atoms with Crippen molar-refractivity contribution in [2.75, 3.05) is 17.7 Å². The highest BCUT2D eigenvalue weighted by Gasteiger charge is 2.13. The number of benzene rings is 3. The minimum Gasteiger partial charge on any atom is -0.497 e. The first kappa shape index (κ1) is 21.2. The summed E-state index contributed by atoms with van der Waals surface area (Å²) < 4.78 is 6.75. The number of nitrogens with zero attached hydrogens (tertiary/aromatic N) is 1. The average molecular weight is 428 g/mol.